The minimum atomic E-state index is -0.889. The number of carboxylic acid groups (broad SMARTS) is 1. The van der Waals surface area contributed by atoms with E-state index in [1.165, 1.54) is 6.42 Å². The molecule has 1 aromatic rings. The molecule has 104 valence electrons. The van der Waals surface area contributed by atoms with Gasteiger partial charge in [0.25, 0.3) is 0 Å². The van der Waals surface area contributed by atoms with Crippen molar-refractivity contribution in [3.05, 3.63) is 23.8 Å². The Hall–Kier alpha value is -1.71. The van der Waals surface area contributed by atoms with E-state index in [0.29, 0.717) is 12.2 Å². The van der Waals surface area contributed by atoms with Crippen molar-refractivity contribution in [3.8, 4) is 5.75 Å². The highest BCUT2D eigenvalue weighted by molar-refractivity contribution is 5.89. The van der Waals surface area contributed by atoms with Crippen LogP contribution in [0.25, 0.3) is 0 Å². The molecule has 4 heteroatoms. The summed E-state index contributed by atoms with van der Waals surface area (Å²) in [4.78, 5) is 13.3. The fourth-order valence-electron chi connectivity index (χ4n) is 2.37. The van der Waals surface area contributed by atoms with E-state index in [0.717, 1.165) is 43.8 Å². The van der Waals surface area contributed by atoms with E-state index in [2.05, 4.69) is 11.8 Å². The molecule has 0 saturated carbocycles. The topological polar surface area (TPSA) is 49.8 Å². The molecule has 0 amide bonds. The largest absolute Gasteiger partial charge is 0.491 e. The van der Waals surface area contributed by atoms with E-state index in [4.69, 9.17) is 9.84 Å². The third-order valence-electron chi connectivity index (χ3n) is 3.36. The van der Waals surface area contributed by atoms with Crippen LogP contribution in [0, 0.1) is 0 Å². The minimum Gasteiger partial charge on any atom is -0.491 e. The van der Waals surface area contributed by atoms with Gasteiger partial charge < -0.3 is 14.7 Å². The minimum absolute atomic E-state index is 0.324. The third kappa shape index (κ3) is 3.40. The van der Waals surface area contributed by atoms with E-state index < -0.39 is 5.97 Å². The number of rotatable bonds is 5. The maximum atomic E-state index is 11.1. The zero-order valence-corrected chi connectivity index (χ0v) is 11.4. The fraction of sp³-hybridized carbons (Fsp3) is 0.533. The van der Waals surface area contributed by atoms with Crippen molar-refractivity contribution in [2.24, 2.45) is 0 Å². The lowest BCUT2D eigenvalue weighted by atomic mass is 10.1. The van der Waals surface area contributed by atoms with E-state index in [1.54, 1.807) is 18.2 Å². The number of benzene rings is 1. The molecule has 0 atom stereocenters. The van der Waals surface area contributed by atoms with Gasteiger partial charge in [-0.3, -0.25) is 0 Å². The van der Waals surface area contributed by atoms with Gasteiger partial charge in [0.2, 0.25) is 0 Å². The molecular formula is C15H21NO3. The molecule has 0 radical (unpaired) electrons. The average Bonchev–Trinajstić information content (AvgIpc) is 2.45. The standard InChI is InChI=1S/C15H21NO3/c1-2-10-19-14-7-6-12(15(17)18)11-13(14)16-8-4-3-5-9-16/h6-7,11H,2-5,8-10H2,1H3,(H,17,18). The molecule has 0 spiro atoms. The van der Waals surface area contributed by atoms with Crippen LogP contribution in [0.2, 0.25) is 0 Å². The highest BCUT2D eigenvalue weighted by atomic mass is 16.5. The van der Waals surface area contributed by atoms with Crippen molar-refractivity contribution >= 4 is 11.7 Å². The van der Waals surface area contributed by atoms with Crippen molar-refractivity contribution < 1.29 is 14.6 Å². The summed E-state index contributed by atoms with van der Waals surface area (Å²) in [7, 11) is 0. The van der Waals surface area contributed by atoms with Gasteiger partial charge in [0, 0.05) is 13.1 Å². The smallest absolute Gasteiger partial charge is 0.335 e. The second kappa shape index (κ2) is 6.45. The molecule has 0 bridgehead atoms. The van der Waals surface area contributed by atoms with Gasteiger partial charge in [-0.1, -0.05) is 6.92 Å². The molecule has 1 aromatic carbocycles. The number of piperidine rings is 1. The van der Waals surface area contributed by atoms with Crippen LogP contribution in [-0.2, 0) is 0 Å². The highest BCUT2D eigenvalue weighted by Crippen LogP contribution is 2.31. The molecule has 1 N–H and O–H groups in total. The molecule has 4 nitrogen and oxygen atoms in total. The van der Waals surface area contributed by atoms with Crippen LogP contribution in [0.5, 0.6) is 5.75 Å². The normalized spacial score (nSPS) is 15.3. The molecule has 1 fully saturated rings. The van der Waals surface area contributed by atoms with Crippen LogP contribution in [0.3, 0.4) is 0 Å². The molecule has 1 aliphatic heterocycles. The predicted molar refractivity (Wildman–Crippen MR) is 75.3 cm³/mol. The average molecular weight is 263 g/mol. The van der Waals surface area contributed by atoms with Gasteiger partial charge >= 0.3 is 5.97 Å². The maximum absolute atomic E-state index is 11.1. The molecule has 0 unspecified atom stereocenters. The number of hydrogen-bond acceptors (Lipinski definition) is 3. The number of aromatic carboxylic acids is 1. The lowest BCUT2D eigenvalue weighted by Gasteiger charge is -2.30. The van der Waals surface area contributed by atoms with Crippen LogP contribution in [0.1, 0.15) is 43.0 Å². The Balaban J connectivity index is 2.28. The first kappa shape index (κ1) is 13.7. The van der Waals surface area contributed by atoms with E-state index in [9.17, 15) is 4.79 Å². The maximum Gasteiger partial charge on any atom is 0.335 e. The molecule has 1 aliphatic rings. The quantitative estimate of drug-likeness (QED) is 0.886. The summed E-state index contributed by atoms with van der Waals surface area (Å²) in [5, 5.41) is 9.12. The summed E-state index contributed by atoms with van der Waals surface area (Å²) in [5.41, 5.74) is 1.25. The van der Waals surface area contributed by atoms with Crippen molar-refractivity contribution in [2.45, 2.75) is 32.6 Å². The first-order valence-electron chi connectivity index (χ1n) is 6.97. The lowest BCUT2D eigenvalue weighted by molar-refractivity contribution is 0.0697. The SMILES string of the molecule is CCCOc1ccc(C(=O)O)cc1N1CCCCC1. The highest BCUT2D eigenvalue weighted by Gasteiger charge is 2.17. The summed E-state index contributed by atoms with van der Waals surface area (Å²) in [6, 6.07) is 5.13. The third-order valence-corrected chi connectivity index (χ3v) is 3.36. The summed E-state index contributed by atoms with van der Waals surface area (Å²) < 4.78 is 5.74. The Kier molecular flexibility index (Phi) is 4.66. The Morgan fingerprint density at radius 1 is 1.32 bits per heavy atom. The second-order valence-corrected chi connectivity index (χ2v) is 4.88. The number of hydrogen-bond donors (Lipinski definition) is 1. The van der Waals surface area contributed by atoms with Crippen molar-refractivity contribution in [3.63, 3.8) is 0 Å². The predicted octanol–water partition coefficient (Wildman–Crippen LogP) is 3.16. The van der Waals surface area contributed by atoms with Gasteiger partial charge in [0.15, 0.2) is 0 Å². The van der Waals surface area contributed by atoms with E-state index >= 15 is 0 Å². The Bertz CT molecular complexity index is 439. The zero-order valence-electron chi connectivity index (χ0n) is 11.4. The van der Waals surface area contributed by atoms with Crippen LogP contribution < -0.4 is 9.64 Å². The Morgan fingerprint density at radius 2 is 2.05 bits per heavy atom. The molecule has 1 heterocycles. The molecule has 1 saturated heterocycles. The van der Waals surface area contributed by atoms with Crippen molar-refractivity contribution in [1.29, 1.82) is 0 Å². The van der Waals surface area contributed by atoms with Gasteiger partial charge in [-0.15, -0.1) is 0 Å². The Labute approximate surface area is 114 Å². The van der Waals surface area contributed by atoms with Crippen LogP contribution in [0.4, 0.5) is 5.69 Å². The van der Waals surface area contributed by atoms with Gasteiger partial charge in [-0.2, -0.15) is 0 Å². The van der Waals surface area contributed by atoms with Gasteiger partial charge in [-0.25, -0.2) is 4.79 Å². The lowest BCUT2D eigenvalue weighted by Crippen LogP contribution is -2.30. The number of carbonyl (C=O) groups is 1. The first-order chi connectivity index (χ1) is 9.22. The second-order valence-electron chi connectivity index (χ2n) is 4.88. The molecule has 0 aromatic heterocycles. The van der Waals surface area contributed by atoms with Crippen molar-refractivity contribution in [1.82, 2.24) is 0 Å². The molecular weight excluding hydrogens is 242 g/mol. The summed E-state index contributed by atoms with van der Waals surface area (Å²) in [6.07, 6.45) is 4.51. The van der Waals surface area contributed by atoms with Gasteiger partial charge in [-0.05, 0) is 43.9 Å². The van der Waals surface area contributed by atoms with Crippen LogP contribution in [0.15, 0.2) is 18.2 Å². The first-order valence-corrected chi connectivity index (χ1v) is 6.97. The molecule has 19 heavy (non-hydrogen) atoms. The number of ether oxygens (including phenoxy) is 1. The van der Waals surface area contributed by atoms with Gasteiger partial charge in [0.05, 0.1) is 17.9 Å². The zero-order chi connectivity index (χ0) is 13.7. The summed E-state index contributed by atoms with van der Waals surface area (Å²) in [5.74, 6) is -0.0888. The van der Waals surface area contributed by atoms with Crippen LogP contribution in [-0.4, -0.2) is 30.8 Å². The van der Waals surface area contributed by atoms with E-state index in [1.807, 2.05) is 0 Å². The number of nitrogens with zero attached hydrogens (tertiary/aromatic N) is 1. The number of carboxylic acids is 1. The fourth-order valence-corrected chi connectivity index (χ4v) is 2.37. The van der Waals surface area contributed by atoms with Gasteiger partial charge in [0.1, 0.15) is 5.75 Å². The molecule has 2 rings (SSSR count). The van der Waals surface area contributed by atoms with E-state index in [-0.39, 0.29) is 0 Å². The number of anilines is 1. The Morgan fingerprint density at radius 3 is 2.68 bits per heavy atom. The summed E-state index contributed by atoms with van der Waals surface area (Å²) in [6.45, 7) is 4.68. The summed E-state index contributed by atoms with van der Waals surface area (Å²) >= 11 is 0. The van der Waals surface area contributed by atoms with Crippen molar-refractivity contribution in [2.75, 3.05) is 24.6 Å². The monoisotopic (exact) mass is 263 g/mol. The molecule has 0 aliphatic carbocycles. The van der Waals surface area contributed by atoms with Crippen LogP contribution >= 0.6 is 0 Å².